The molecule has 2 aliphatic rings. The zero-order valence-electron chi connectivity index (χ0n) is 8.93. The van der Waals surface area contributed by atoms with Gasteiger partial charge in [-0.05, 0) is 36.8 Å². The summed E-state index contributed by atoms with van der Waals surface area (Å²) in [5, 5.41) is 2.39. The van der Waals surface area contributed by atoms with E-state index in [4.69, 9.17) is 4.42 Å². The third-order valence-corrected chi connectivity index (χ3v) is 3.81. The van der Waals surface area contributed by atoms with Crippen molar-refractivity contribution in [2.24, 2.45) is 17.8 Å². The lowest BCUT2D eigenvalue weighted by atomic mass is 9.94. The third-order valence-electron chi connectivity index (χ3n) is 3.81. The standard InChI is InChI=1S/C13H17NO/c1-2-13(15-5-1)9-14-8-12-7-10-3-4-11(12)6-10/h1-5,10-12,14H,6-9H2/p+1/t10-,11-,12-/m0/s1. The number of rotatable bonds is 4. The van der Waals surface area contributed by atoms with Gasteiger partial charge in [-0.25, -0.2) is 0 Å². The molecule has 80 valence electrons. The molecule has 1 aromatic rings. The second-order valence-electron chi connectivity index (χ2n) is 4.85. The smallest absolute Gasteiger partial charge is 0.157 e. The van der Waals surface area contributed by atoms with Crippen molar-refractivity contribution < 1.29 is 9.73 Å². The first-order valence-corrected chi connectivity index (χ1v) is 5.94. The Kier molecular flexibility index (Phi) is 2.37. The van der Waals surface area contributed by atoms with Gasteiger partial charge in [-0.2, -0.15) is 0 Å². The van der Waals surface area contributed by atoms with Gasteiger partial charge in [0.05, 0.1) is 12.8 Å². The van der Waals surface area contributed by atoms with E-state index >= 15 is 0 Å². The zero-order valence-corrected chi connectivity index (χ0v) is 8.93. The molecule has 2 nitrogen and oxygen atoms in total. The molecule has 0 radical (unpaired) electrons. The van der Waals surface area contributed by atoms with E-state index < -0.39 is 0 Å². The highest BCUT2D eigenvalue weighted by atomic mass is 16.3. The predicted molar refractivity (Wildman–Crippen MR) is 58.0 cm³/mol. The van der Waals surface area contributed by atoms with Crippen molar-refractivity contribution in [3.63, 3.8) is 0 Å². The first-order valence-electron chi connectivity index (χ1n) is 5.94. The number of allylic oxidation sites excluding steroid dienone is 2. The summed E-state index contributed by atoms with van der Waals surface area (Å²) < 4.78 is 5.31. The molecule has 0 amide bonds. The molecular formula is C13H18NO+. The van der Waals surface area contributed by atoms with Crippen LogP contribution in [0.15, 0.2) is 35.0 Å². The molecule has 2 aliphatic carbocycles. The van der Waals surface area contributed by atoms with Crippen molar-refractivity contribution in [3.8, 4) is 0 Å². The maximum atomic E-state index is 5.31. The van der Waals surface area contributed by atoms with Crippen LogP contribution in [0.1, 0.15) is 18.6 Å². The van der Waals surface area contributed by atoms with E-state index in [0.717, 1.165) is 30.1 Å². The second kappa shape index (κ2) is 3.86. The summed E-state index contributed by atoms with van der Waals surface area (Å²) in [6.45, 7) is 2.25. The molecule has 2 N–H and O–H groups in total. The third kappa shape index (κ3) is 1.86. The molecule has 1 heterocycles. The molecule has 15 heavy (non-hydrogen) atoms. The summed E-state index contributed by atoms with van der Waals surface area (Å²) in [5.74, 6) is 3.78. The molecule has 0 saturated heterocycles. The molecule has 2 bridgehead atoms. The lowest BCUT2D eigenvalue weighted by Crippen LogP contribution is -2.84. The molecule has 2 heteroatoms. The maximum Gasteiger partial charge on any atom is 0.157 e. The zero-order chi connectivity index (χ0) is 10.1. The summed E-state index contributed by atoms with van der Waals surface area (Å²) in [7, 11) is 0. The number of furan rings is 1. The molecule has 3 rings (SSSR count). The predicted octanol–water partition coefficient (Wildman–Crippen LogP) is 1.56. The van der Waals surface area contributed by atoms with Crippen molar-refractivity contribution in [2.45, 2.75) is 19.4 Å². The molecule has 0 aliphatic heterocycles. The van der Waals surface area contributed by atoms with Gasteiger partial charge in [-0.15, -0.1) is 0 Å². The van der Waals surface area contributed by atoms with Crippen molar-refractivity contribution in [1.29, 1.82) is 0 Å². The van der Waals surface area contributed by atoms with Crippen LogP contribution in [0.2, 0.25) is 0 Å². The molecule has 0 spiro atoms. The monoisotopic (exact) mass is 204 g/mol. The highest BCUT2D eigenvalue weighted by Gasteiger charge is 2.36. The fourth-order valence-corrected chi connectivity index (χ4v) is 3.03. The Bertz CT molecular complexity index is 341. The summed E-state index contributed by atoms with van der Waals surface area (Å²) in [6, 6.07) is 4.01. The minimum Gasteiger partial charge on any atom is -0.463 e. The normalized spacial score (nSPS) is 32.7. The average Bonchev–Trinajstić information content (AvgIpc) is 2.93. The van der Waals surface area contributed by atoms with Gasteiger partial charge in [0.15, 0.2) is 5.76 Å². The van der Waals surface area contributed by atoms with Gasteiger partial charge >= 0.3 is 0 Å². The van der Waals surface area contributed by atoms with Gasteiger partial charge in [0.1, 0.15) is 6.54 Å². The largest absolute Gasteiger partial charge is 0.463 e. The van der Waals surface area contributed by atoms with Crippen molar-refractivity contribution in [1.82, 2.24) is 0 Å². The van der Waals surface area contributed by atoms with E-state index in [1.807, 2.05) is 6.07 Å². The van der Waals surface area contributed by atoms with Gasteiger partial charge < -0.3 is 9.73 Å². The Labute approximate surface area is 90.4 Å². The van der Waals surface area contributed by atoms with E-state index in [1.165, 1.54) is 19.4 Å². The molecular weight excluding hydrogens is 186 g/mol. The summed E-state index contributed by atoms with van der Waals surface area (Å²) in [5.41, 5.74) is 0. The molecule has 1 aromatic heterocycles. The Morgan fingerprint density at radius 3 is 3.00 bits per heavy atom. The second-order valence-corrected chi connectivity index (χ2v) is 4.85. The van der Waals surface area contributed by atoms with Gasteiger partial charge in [0.25, 0.3) is 0 Å². The summed E-state index contributed by atoms with van der Waals surface area (Å²) in [6.07, 6.45) is 9.42. The summed E-state index contributed by atoms with van der Waals surface area (Å²) >= 11 is 0. The SMILES string of the molecule is C1=C[C@H]2C[C@H]1C[C@H]2C[NH2+]Cc1ccco1. The lowest BCUT2D eigenvalue weighted by molar-refractivity contribution is -0.678. The molecule has 3 atom stereocenters. The molecule has 0 aromatic carbocycles. The van der Waals surface area contributed by atoms with Crippen LogP contribution in [0.25, 0.3) is 0 Å². The Hall–Kier alpha value is -1.02. The van der Waals surface area contributed by atoms with Gasteiger partial charge in [0, 0.05) is 5.92 Å². The Morgan fingerprint density at radius 1 is 1.33 bits per heavy atom. The maximum absolute atomic E-state index is 5.31. The van der Waals surface area contributed by atoms with Crippen LogP contribution >= 0.6 is 0 Å². The van der Waals surface area contributed by atoms with Gasteiger partial charge in [0.2, 0.25) is 0 Å². The lowest BCUT2D eigenvalue weighted by Gasteiger charge is -2.15. The number of hydrogen-bond acceptors (Lipinski definition) is 1. The first-order chi connectivity index (χ1) is 7.42. The quantitative estimate of drug-likeness (QED) is 0.741. The summed E-state index contributed by atoms with van der Waals surface area (Å²) in [4.78, 5) is 0. The van der Waals surface area contributed by atoms with Crippen molar-refractivity contribution >= 4 is 0 Å². The first kappa shape index (κ1) is 9.22. The van der Waals surface area contributed by atoms with Gasteiger partial charge in [-0.1, -0.05) is 12.2 Å². The fourth-order valence-electron chi connectivity index (χ4n) is 3.03. The average molecular weight is 204 g/mol. The van der Waals surface area contributed by atoms with Crippen molar-refractivity contribution in [3.05, 3.63) is 36.3 Å². The highest BCUT2D eigenvalue weighted by molar-refractivity contribution is 5.09. The number of fused-ring (bicyclic) bond motifs is 2. The van der Waals surface area contributed by atoms with Crippen LogP contribution in [-0.4, -0.2) is 6.54 Å². The van der Waals surface area contributed by atoms with E-state index in [9.17, 15) is 0 Å². The topological polar surface area (TPSA) is 29.8 Å². The Balaban J connectivity index is 1.45. The van der Waals surface area contributed by atoms with E-state index in [0.29, 0.717) is 0 Å². The Morgan fingerprint density at radius 2 is 2.33 bits per heavy atom. The minimum absolute atomic E-state index is 0.878. The minimum atomic E-state index is 0.878. The molecule has 0 unspecified atom stereocenters. The number of quaternary nitrogens is 1. The van der Waals surface area contributed by atoms with Gasteiger partial charge in [-0.3, -0.25) is 0 Å². The van der Waals surface area contributed by atoms with Crippen LogP contribution < -0.4 is 5.32 Å². The van der Waals surface area contributed by atoms with Crippen LogP contribution in [0.4, 0.5) is 0 Å². The van der Waals surface area contributed by atoms with Crippen LogP contribution in [0, 0.1) is 17.8 Å². The molecule has 1 saturated carbocycles. The number of nitrogens with two attached hydrogens (primary N) is 1. The fraction of sp³-hybridized carbons (Fsp3) is 0.538. The van der Waals surface area contributed by atoms with E-state index in [1.54, 1.807) is 6.26 Å². The van der Waals surface area contributed by atoms with Crippen molar-refractivity contribution in [2.75, 3.05) is 6.54 Å². The van der Waals surface area contributed by atoms with Crippen LogP contribution in [0.3, 0.4) is 0 Å². The number of hydrogen-bond donors (Lipinski definition) is 1. The van der Waals surface area contributed by atoms with E-state index in [2.05, 4.69) is 23.5 Å². The highest BCUT2D eigenvalue weighted by Crippen LogP contribution is 2.42. The van der Waals surface area contributed by atoms with Crippen LogP contribution in [-0.2, 0) is 6.54 Å². The van der Waals surface area contributed by atoms with Crippen LogP contribution in [0.5, 0.6) is 0 Å². The molecule has 1 fully saturated rings. The van der Waals surface area contributed by atoms with E-state index in [-0.39, 0.29) is 0 Å².